The van der Waals surface area contributed by atoms with Crippen molar-refractivity contribution in [3.8, 4) is 0 Å². The van der Waals surface area contributed by atoms with Crippen molar-refractivity contribution in [3.63, 3.8) is 0 Å². The van der Waals surface area contributed by atoms with Gasteiger partial charge in [-0.1, -0.05) is 24.2 Å². The minimum atomic E-state index is 0. The molecule has 5 heteroatoms. The van der Waals surface area contributed by atoms with Gasteiger partial charge in [-0.05, 0) is 20.4 Å². The average molecular weight is 452 g/mol. The van der Waals surface area contributed by atoms with Gasteiger partial charge in [0.15, 0.2) is 0 Å². The van der Waals surface area contributed by atoms with Crippen LogP contribution >= 0.6 is 0 Å². The van der Waals surface area contributed by atoms with Crippen LogP contribution in [0.5, 0.6) is 0 Å². The summed E-state index contributed by atoms with van der Waals surface area (Å²) in [7, 11) is 4.21. The Labute approximate surface area is 129 Å². The van der Waals surface area contributed by atoms with Crippen LogP contribution in [0.25, 0.3) is 0 Å². The molecule has 0 bridgehead atoms. The molecule has 0 unspecified atom stereocenters. The number of allylic oxidation sites excluding steroid dienone is 7. The van der Waals surface area contributed by atoms with Crippen molar-refractivity contribution in [1.29, 1.82) is 0 Å². The molecule has 1 nitrogen and oxygen atoms in total. The number of rotatable bonds is 1. The molecule has 0 aromatic carbocycles. The Kier molecular flexibility index (Phi) is 13.1. The van der Waals surface area contributed by atoms with Gasteiger partial charge in [-0.2, -0.15) is 0 Å². The van der Waals surface area contributed by atoms with Crippen molar-refractivity contribution in [1.82, 2.24) is 4.81 Å². The molecule has 0 radical (unpaired) electrons. The molecule has 1 heterocycles. The Balaban J connectivity index is 0. The summed E-state index contributed by atoms with van der Waals surface area (Å²) in [5, 5.41) is 0. The maximum atomic E-state index is 2.32. The van der Waals surface area contributed by atoms with Gasteiger partial charge in [0, 0.05) is 0 Å². The topological polar surface area (TPSA) is 3.24 Å². The summed E-state index contributed by atoms with van der Waals surface area (Å²) >= 11 is 2.32. The Hall–Kier alpha value is 0.253. The van der Waals surface area contributed by atoms with Gasteiger partial charge in [-0.3, -0.25) is 0 Å². The third-order valence-corrected chi connectivity index (χ3v) is 3.17. The molecule has 1 aliphatic heterocycles. The van der Waals surface area contributed by atoms with E-state index in [0.717, 1.165) is 12.7 Å². The molecule has 0 atom stereocenters. The third-order valence-electron chi connectivity index (χ3n) is 2.32. The van der Waals surface area contributed by atoms with Crippen LogP contribution in [0, 0.1) is 0 Å². The fourth-order valence-electron chi connectivity index (χ4n) is 1.36. The number of hydrogen-bond acceptors (Lipinski definition) is 1. The van der Waals surface area contributed by atoms with E-state index < -0.39 is 0 Å². The van der Waals surface area contributed by atoms with Crippen LogP contribution in [-0.4, -0.2) is 25.8 Å². The van der Waals surface area contributed by atoms with Gasteiger partial charge >= 0.3 is 48.4 Å². The molecule has 2 aliphatic rings. The summed E-state index contributed by atoms with van der Waals surface area (Å²) in [5.74, 6) is 2.22. The van der Waals surface area contributed by atoms with E-state index in [2.05, 4.69) is 81.2 Å². The summed E-state index contributed by atoms with van der Waals surface area (Å²) in [4.78, 5) is 2.22. The van der Waals surface area contributed by atoms with Crippen LogP contribution in [-0.2, 0) is 19.8 Å². The third kappa shape index (κ3) is 8.91. The molecule has 0 spiro atoms. The molecule has 0 saturated heterocycles. The first-order valence-electron chi connectivity index (χ1n) is 5.18. The number of hydrogen-bond donors (Lipinski definition) is 0. The predicted octanol–water partition coefficient (Wildman–Crippen LogP) is -3.41. The summed E-state index contributed by atoms with van der Waals surface area (Å²) < 4.78 is 1.44. The van der Waals surface area contributed by atoms with Crippen molar-refractivity contribution < 1.29 is 44.6 Å². The first-order valence-corrected chi connectivity index (χ1v) is 6.31. The van der Waals surface area contributed by atoms with Crippen molar-refractivity contribution in [2.45, 2.75) is 12.7 Å². The molecule has 0 aromatic rings. The summed E-state index contributed by atoms with van der Waals surface area (Å²) in [6.07, 6.45) is 15.1. The van der Waals surface area contributed by atoms with Gasteiger partial charge in [-0.15, -0.1) is 0 Å². The Morgan fingerprint density at radius 2 is 1.82 bits per heavy atom. The summed E-state index contributed by atoms with van der Waals surface area (Å²) in [6.45, 7) is 0.620. The second-order valence-electron chi connectivity index (χ2n) is 3.79. The van der Waals surface area contributed by atoms with E-state index in [1.165, 1.54) is 3.96 Å². The molecular formula is C12H17BCl2NPt. The van der Waals surface area contributed by atoms with E-state index in [9.17, 15) is 0 Å². The molecule has 0 amide bonds. The van der Waals surface area contributed by atoms with Crippen LogP contribution in [0.3, 0.4) is 0 Å². The van der Waals surface area contributed by atoms with E-state index >= 15 is 0 Å². The fourth-order valence-corrected chi connectivity index (χ4v) is 1.84. The molecular weight excluding hydrogens is 435 g/mol. The van der Waals surface area contributed by atoms with Gasteiger partial charge in [0.2, 0.25) is 0 Å². The number of halogens is 2. The van der Waals surface area contributed by atoms with E-state index in [0.29, 0.717) is 6.85 Å². The monoisotopic (exact) mass is 451 g/mol. The molecule has 0 N–H and O–H groups in total. The van der Waals surface area contributed by atoms with Gasteiger partial charge in [0.1, 0.15) is 0 Å². The SMILES string of the molecule is CN(C)B1C=CC=CC1.[Cl-].[Cl-].[Pt+2][C]1=CC=CC1. The first-order chi connectivity index (χ1) is 7.20. The van der Waals surface area contributed by atoms with Crippen LogP contribution < -0.4 is 24.8 Å². The van der Waals surface area contributed by atoms with Gasteiger partial charge in [-0.25, -0.2) is 0 Å². The van der Waals surface area contributed by atoms with Crippen LogP contribution in [0.4, 0.5) is 0 Å². The zero-order valence-corrected chi connectivity index (χ0v) is 13.8. The minimum absolute atomic E-state index is 0. The molecule has 0 fully saturated rings. The van der Waals surface area contributed by atoms with Crippen LogP contribution in [0.2, 0.25) is 6.32 Å². The molecule has 97 valence electrons. The predicted molar refractivity (Wildman–Crippen MR) is 64.4 cm³/mol. The molecule has 1 aliphatic carbocycles. The zero-order valence-electron chi connectivity index (χ0n) is 10.1. The Bertz CT molecular complexity index is 312. The Morgan fingerprint density at radius 3 is 2.06 bits per heavy atom. The maximum absolute atomic E-state index is 2.32. The van der Waals surface area contributed by atoms with Gasteiger partial charge in [0.25, 0.3) is 6.85 Å². The van der Waals surface area contributed by atoms with Crippen molar-refractivity contribution >= 4 is 6.85 Å². The average Bonchev–Trinajstić information content (AvgIpc) is 2.71. The zero-order chi connectivity index (χ0) is 11.1. The van der Waals surface area contributed by atoms with E-state index in [1.807, 2.05) is 0 Å². The van der Waals surface area contributed by atoms with E-state index in [-0.39, 0.29) is 24.8 Å². The summed E-state index contributed by atoms with van der Waals surface area (Å²) in [5.41, 5.74) is 0. The van der Waals surface area contributed by atoms with Crippen molar-refractivity contribution in [3.05, 3.63) is 46.4 Å². The fraction of sp³-hybridized carbons (Fsp3) is 0.333. The summed E-state index contributed by atoms with van der Waals surface area (Å²) in [6, 6.07) is 0. The Morgan fingerprint density at radius 1 is 1.12 bits per heavy atom. The second kappa shape index (κ2) is 11.3. The second-order valence-corrected chi connectivity index (χ2v) is 5.25. The standard InChI is InChI=1S/C7H12BN.C5H5.2ClH.Pt/c1-9(2)8-6-4-3-5-7-8;1-2-4-5-3-1;;;/h3-6H,7H2,1-2H3;1-3H,4H2;2*1H;/q;;;;+2/p-2. The van der Waals surface area contributed by atoms with Crippen molar-refractivity contribution in [2.24, 2.45) is 0 Å². The molecule has 17 heavy (non-hydrogen) atoms. The van der Waals surface area contributed by atoms with E-state index in [4.69, 9.17) is 0 Å². The van der Waals surface area contributed by atoms with Crippen molar-refractivity contribution in [2.75, 3.05) is 14.1 Å². The van der Waals surface area contributed by atoms with Gasteiger partial charge in [0.05, 0.1) is 0 Å². The normalized spacial score (nSPS) is 15.8. The van der Waals surface area contributed by atoms with Crippen LogP contribution in [0.1, 0.15) is 6.42 Å². The molecule has 2 rings (SSSR count). The van der Waals surface area contributed by atoms with Gasteiger partial charge < -0.3 is 29.6 Å². The molecule has 0 saturated carbocycles. The van der Waals surface area contributed by atoms with Crippen LogP contribution in [0.15, 0.2) is 46.4 Å². The first kappa shape index (κ1) is 19.6. The number of nitrogens with zero attached hydrogens (tertiary/aromatic N) is 1. The van der Waals surface area contributed by atoms with E-state index in [1.54, 1.807) is 0 Å². The molecule has 0 aromatic heterocycles. The quantitative estimate of drug-likeness (QED) is 0.376.